The van der Waals surface area contributed by atoms with Crippen LogP contribution in [-0.4, -0.2) is 13.8 Å². The number of nitrogens with zero attached hydrogens (tertiary/aromatic N) is 4. The Morgan fingerprint density at radius 1 is 0.410 bits per heavy atom. The summed E-state index contributed by atoms with van der Waals surface area (Å²) >= 11 is 0. The third kappa shape index (κ3) is 4.57. The molecule has 4 heteroatoms. The largest absolute Gasteiger partial charge is 0.308 e. The predicted octanol–water partition coefficient (Wildman–Crippen LogP) is 15.8. The molecule has 0 spiro atoms. The first-order chi connectivity index (χ1) is 29.6. The number of hydrogen-bond donors (Lipinski definition) is 0. The Morgan fingerprint density at radius 3 is 1.59 bits per heavy atom. The smallest absolute Gasteiger partial charge is 0.146 e. The molecule has 0 aliphatic heterocycles. The van der Waals surface area contributed by atoms with Crippen molar-refractivity contribution in [2.24, 2.45) is 0 Å². The van der Waals surface area contributed by atoms with Gasteiger partial charge in [-0.05, 0) is 104 Å². The molecule has 4 nitrogen and oxygen atoms in total. The summed E-state index contributed by atoms with van der Waals surface area (Å²) in [5, 5.41) is 15.2. The number of pyridine rings is 1. The third-order valence-corrected chi connectivity index (χ3v) is 13.6. The molecule has 0 amide bonds. The van der Waals surface area contributed by atoms with Gasteiger partial charge in [-0.3, -0.25) is 4.40 Å². The first-order valence-electron chi connectivity index (χ1n) is 21.6. The van der Waals surface area contributed by atoms with Crippen LogP contribution in [0.2, 0.25) is 0 Å². The van der Waals surface area contributed by atoms with Crippen LogP contribution in [0.25, 0.3) is 97.9 Å². The number of hydrogen-bond acceptors (Lipinski definition) is 2. The van der Waals surface area contributed by atoms with Crippen LogP contribution in [0, 0.1) is 0 Å². The molecule has 0 aliphatic carbocycles. The van der Waals surface area contributed by atoms with E-state index in [4.69, 9.17) is 4.98 Å². The van der Waals surface area contributed by atoms with Gasteiger partial charge in [0.1, 0.15) is 5.65 Å². The van der Waals surface area contributed by atoms with Gasteiger partial charge in [0.05, 0.1) is 39.5 Å². The minimum absolute atomic E-state index is 0.0287. The number of fused-ring (bicyclic) bond motifs is 17. The molecule has 0 aliphatic rings. The second kappa shape index (κ2) is 11.8. The molecule has 0 radical (unpaired) electrons. The van der Waals surface area contributed by atoms with Gasteiger partial charge >= 0.3 is 0 Å². The van der Waals surface area contributed by atoms with E-state index >= 15 is 0 Å². The monoisotopic (exact) mass is 784 g/mol. The van der Waals surface area contributed by atoms with E-state index in [1.807, 2.05) is 0 Å². The van der Waals surface area contributed by atoms with Gasteiger partial charge in [0.15, 0.2) is 0 Å². The average Bonchev–Trinajstić information content (AvgIpc) is 3.99. The van der Waals surface area contributed by atoms with Crippen molar-refractivity contribution in [3.8, 4) is 0 Å². The van der Waals surface area contributed by atoms with E-state index in [1.54, 1.807) is 0 Å². The van der Waals surface area contributed by atoms with Crippen LogP contribution < -0.4 is 4.90 Å². The van der Waals surface area contributed by atoms with Crippen molar-refractivity contribution in [3.05, 3.63) is 169 Å². The Labute approximate surface area is 353 Å². The predicted molar refractivity (Wildman–Crippen MR) is 261 cm³/mol. The highest BCUT2D eigenvalue weighted by Gasteiger charge is 2.31. The highest BCUT2D eigenvalue weighted by Crippen LogP contribution is 2.52. The lowest BCUT2D eigenvalue weighted by Crippen LogP contribution is -2.11. The molecule has 8 aromatic carbocycles. The molecule has 13 rings (SSSR count). The second-order valence-electron chi connectivity index (χ2n) is 19.3. The van der Waals surface area contributed by atoms with E-state index in [-0.39, 0.29) is 10.8 Å². The van der Waals surface area contributed by atoms with Crippen LogP contribution in [0.5, 0.6) is 0 Å². The van der Waals surface area contributed by atoms with Gasteiger partial charge in [0, 0.05) is 54.5 Å². The number of anilines is 3. The Kier molecular flexibility index (Phi) is 6.69. The summed E-state index contributed by atoms with van der Waals surface area (Å²) < 4.78 is 5.03. The Morgan fingerprint density at radius 2 is 0.951 bits per heavy atom. The lowest BCUT2D eigenvalue weighted by atomic mass is 9.85. The van der Waals surface area contributed by atoms with Crippen molar-refractivity contribution in [1.82, 2.24) is 13.8 Å². The molecule has 0 saturated carbocycles. The zero-order valence-electron chi connectivity index (χ0n) is 35.3. The molecule has 13 aromatic rings. The summed E-state index contributed by atoms with van der Waals surface area (Å²) in [7, 11) is 0. The van der Waals surface area contributed by atoms with Crippen LogP contribution in [0.4, 0.5) is 17.1 Å². The number of aromatic nitrogens is 3. The Balaban J connectivity index is 1.28. The summed E-state index contributed by atoms with van der Waals surface area (Å²) in [5.74, 6) is 0. The van der Waals surface area contributed by atoms with E-state index < -0.39 is 0 Å². The standard InChI is InChI=1S/C57H44N4/c1-56(2,3)35-25-26-45-41(29-35)48-39-23-15-13-17-33(39)27-42-50-47(60(45)53(42)48)32-58-55-51(50)44-31-36(57(4,5)6)30-43-49-40-24-16-14-18-34(40)28-46(54(49)61(55)52(43)44)59(37-19-9-7-10-20-37)38-21-11-8-12-22-38/h7-32H,1-6H3. The van der Waals surface area contributed by atoms with Gasteiger partial charge in [0.25, 0.3) is 0 Å². The molecule has 0 unspecified atom stereocenters. The summed E-state index contributed by atoms with van der Waals surface area (Å²) in [4.78, 5) is 8.05. The van der Waals surface area contributed by atoms with E-state index in [0.29, 0.717) is 0 Å². The summed E-state index contributed by atoms with van der Waals surface area (Å²) in [6.07, 6.45) is 2.16. The molecule has 61 heavy (non-hydrogen) atoms. The summed E-state index contributed by atoms with van der Waals surface area (Å²) in [6, 6.07) is 56.4. The van der Waals surface area contributed by atoms with Crippen LogP contribution in [-0.2, 0) is 10.8 Å². The molecular formula is C57H44N4. The number of benzene rings is 8. The molecular weight excluding hydrogens is 741 g/mol. The highest BCUT2D eigenvalue weighted by atomic mass is 15.2. The normalized spacial score (nSPS) is 13.1. The highest BCUT2D eigenvalue weighted by molar-refractivity contribution is 6.39. The quantitative estimate of drug-likeness (QED) is 0.178. The topological polar surface area (TPSA) is 24.9 Å². The fourth-order valence-corrected chi connectivity index (χ4v) is 10.7. The second-order valence-corrected chi connectivity index (χ2v) is 19.3. The Hall–Kier alpha value is -7.17. The lowest BCUT2D eigenvalue weighted by Gasteiger charge is -2.27. The molecule has 0 N–H and O–H groups in total. The van der Waals surface area contributed by atoms with Gasteiger partial charge < -0.3 is 9.30 Å². The zero-order valence-corrected chi connectivity index (χ0v) is 35.3. The van der Waals surface area contributed by atoms with Crippen molar-refractivity contribution >= 4 is 115 Å². The molecule has 0 fully saturated rings. The minimum atomic E-state index is -0.0940. The van der Waals surface area contributed by atoms with Gasteiger partial charge in [0.2, 0.25) is 0 Å². The number of para-hydroxylation sites is 2. The maximum Gasteiger partial charge on any atom is 0.146 e. The molecule has 0 atom stereocenters. The molecule has 5 aromatic heterocycles. The molecule has 292 valence electrons. The maximum absolute atomic E-state index is 5.62. The number of rotatable bonds is 3. The van der Waals surface area contributed by atoms with Crippen LogP contribution in [0.15, 0.2) is 158 Å². The van der Waals surface area contributed by atoms with Crippen LogP contribution in [0.3, 0.4) is 0 Å². The SMILES string of the molecule is CC(C)(C)c1ccc2c(c1)c1c3ccccc3cc3c4c5c6cc(C(C)(C)C)cc7c8c9ccccc9cc(N(c9ccccc9)c9ccccc9)c8n(c5ncc4n2c31)c67. The van der Waals surface area contributed by atoms with Crippen molar-refractivity contribution in [2.75, 3.05) is 4.90 Å². The molecule has 5 heterocycles. The van der Waals surface area contributed by atoms with E-state index in [2.05, 4.69) is 213 Å². The van der Waals surface area contributed by atoms with Crippen LogP contribution in [0.1, 0.15) is 52.7 Å². The fraction of sp³-hybridized carbons (Fsp3) is 0.140. The van der Waals surface area contributed by atoms with E-state index in [1.165, 1.54) is 97.8 Å². The van der Waals surface area contributed by atoms with Crippen molar-refractivity contribution in [3.63, 3.8) is 0 Å². The third-order valence-electron chi connectivity index (χ3n) is 13.6. The van der Waals surface area contributed by atoms with E-state index in [9.17, 15) is 0 Å². The Bertz CT molecular complexity index is 3890. The maximum atomic E-state index is 5.62. The summed E-state index contributed by atoms with van der Waals surface area (Å²) in [5.41, 5.74) is 13.0. The molecule has 0 saturated heterocycles. The van der Waals surface area contributed by atoms with Gasteiger partial charge in [-0.2, -0.15) is 0 Å². The van der Waals surface area contributed by atoms with Gasteiger partial charge in [-0.15, -0.1) is 0 Å². The van der Waals surface area contributed by atoms with Crippen molar-refractivity contribution in [1.29, 1.82) is 0 Å². The average molecular weight is 785 g/mol. The fourth-order valence-electron chi connectivity index (χ4n) is 10.7. The molecule has 0 bridgehead atoms. The first-order valence-corrected chi connectivity index (χ1v) is 21.6. The van der Waals surface area contributed by atoms with E-state index in [0.717, 1.165) is 28.2 Å². The van der Waals surface area contributed by atoms with Crippen molar-refractivity contribution in [2.45, 2.75) is 52.4 Å². The van der Waals surface area contributed by atoms with Crippen LogP contribution >= 0.6 is 0 Å². The zero-order chi connectivity index (χ0) is 41.1. The van der Waals surface area contributed by atoms with Gasteiger partial charge in [-0.1, -0.05) is 133 Å². The van der Waals surface area contributed by atoms with Crippen molar-refractivity contribution < 1.29 is 0 Å². The lowest BCUT2D eigenvalue weighted by molar-refractivity contribution is 0.591. The summed E-state index contributed by atoms with van der Waals surface area (Å²) in [6.45, 7) is 14.0. The van der Waals surface area contributed by atoms with Gasteiger partial charge in [-0.25, -0.2) is 4.98 Å². The minimum Gasteiger partial charge on any atom is -0.308 e. The first kappa shape index (κ1) is 34.7.